The highest BCUT2D eigenvalue weighted by atomic mass is 19.1. The fraction of sp³-hybridized carbons (Fsp3) is 0.600. The molecular formula is C15H24FNO. The Morgan fingerprint density at radius 3 is 2.33 bits per heavy atom. The Kier molecular flexibility index (Phi) is 6.30. The van der Waals surface area contributed by atoms with Crippen molar-refractivity contribution in [2.24, 2.45) is 5.92 Å². The summed E-state index contributed by atoms with van der Waals surface area (Å²) in [4.78, 5) is 0. The average Bonchev–Trinajstić information content (AvgIpc) is 2.32. The summed E-state index contributed by atoms with van der Waals surface area (Å²) in [5.74, 6) is 0.110. The van der Waals surface area contributed by atoms with Crippen molar-refractivity contribution in [2.75, 3.05) is 6.54 Å². The number of hydrogen-bond donors (Lipinski definition) is 2. The predicted molar refractivity (Wildman–Crippen MR) is 73.0 cm³/mol. The minimum Gasteiger partial charge on any atom is -0.393 e. The van der Waals surface area contributed by atoms with Crippen LogP contribution >= 0.6 is 0 Å². The Bertz CT molecular complexity index is 337. The summed E-state index contributed by atoms with van der Waals surface area (Å²) >= 11 is 0. The molecule has 2 N–H and O–H groups in total. The van der Waals surface area contributed by atoms with E-state index in [0.29, 0.717) is 12.0 Å². The maximum absolute atomic E-state index is 12.7. The number of halogens is 1. The summed E-state index contributed by atoms with van der Waals surface area (Å²) in [5.41, 5.74) is 1.13. The molecule has 0 saturated carbocycles. The molecule has 1 aromatic rings. The number of rotatable bonds is 7. The molecule has 0 fully saturated rings. The zero-order valence-electron chi connectivity index (χ0n) is 11.5. The van der Waals surface area contributed by atoms with Crippen molar-refractivity contribution in [3.05, 3.63) is 35.6 Å². The summed E-state index contributed by atoms with van der Waals surface area (Å²) in [6.45, 7) is 6.95. The SMILES string of the molecule is CC(Cc1ccc(F)cc1)NCCC(O)C(C)C. The predicted octanol–water partition coefficient (Wildman–Crippen LogP) is 2.75. The van der Waals surface area contributed by atoms with Crippen molar-refractivity contribution in [1.82, 2.24) is 5.32 Å². The van der Waals surface area contributed by atoms with Gasteiger partial charge in [0.2, 0.25) is 0 Å². The van der Waals surface area contributed by atoms with Gasteiger partial charge in [0.25, 0.3) is 0 Å². The van der Waals surface area contributed by atoms with Crippen molar-refractivity contribution >= 4 is 0 Å². The molecule has 1 aromatic carbocycles. The van der Waals surface area contributed by atoms with Gasteiger partial charge in [0.05, 0.1) is 6.10 Å². The van der Waals surface area contributed by atoms with Gasteiger partial charge in [-0.2, -0.15) is 0 Å². The first-order chi connectivity index (χ1) is 8.49. The lowest BCUT2D eigenvalue weighted by molar-refractivity contribution is 0.115. The van der Waals surface area contributed by atoms with Gasteiger partial charge in [-0.15, -0.1) is 0 Å². The third-order valence-electron chi connectivity index (χ3n) is 3.16. The van der Waals surface area contributed by atoms with Crippen molar-refractivity contribution in [3.63, 3.8) is 0 Å². The minimum absolute atomic E-state index is 0.195. The first-order valence-electron chi connectivity index (χ1n) is 6.65. The van der Waals surface area contributed by atoms with Gasteiger partial charge in [-0.25, -0.2) is 4.39 Å². The number of nitrogens with one attached hydrogen (secondary N) is 1. The third-order valence-corrected chi connectivity index (χ3v) is 3.16. The van der Waals surface area contributed by atoms with E-state index in [4.69, 9.17) is 0 Å². The lowest BCUT2D eigenvalue weighted by atomic mass is 10.0. The Morgan fingerprint density at radius 1 is 1.17 bits per heavy atom. The molecule has 0 bridgehead atoms. The molecule has 3 heteroatoms. The highest BCUT2D eigenvalue weighted by molar-refractivity contribution is 5.16. The van der Waals surface area contributed by atoms with Crippen molar-refractivity contribution in [1.29, 1.82) is 0 Å². The van der Waals surface area contributed by atoms with E-state index >= 15 is 0 Å². The maximum atomic E-state index is 12.7. The molecule has 2 nitrogen and oxygen atoms in total. The molecule has 0 saturated heterocycles. The van der Waals surface area contributed by atoms with Crippen molar-refractivity contribution in [3.8, 4) is 0 Å². The van der Waals surface area contributed by atoms with Crippen LogP contribution in [0.4, 0.5) is 4.39 Å². The van der Waals surface area contributed by atoms with Crippen LogP contribution in [0.15, 0.2) is 24.3 Å². The lowest BCUT2D eigenvalue weighted by Crippen LogP contribution is -2.31. The zero-order chi connectivity index (χ0) is 13.5. The first-order valence-corrected chi connectivity index (χ1v) is 6.65. The third kappa shape index (κ3) is 5.61. The molecule has 0 heterocycles. The van der Waals surface area contributed by atoms with E-state index in [0.717, 1.165) is 24.9 Å². The summed E-state index contributed by atoms with van der Waals surface area (Å²) in [6, 6.07) is 6.94. The van der Waals surface area contributed by atoms with E-state index in [9.17, 15) is 9.50 Å². The second-order valence-electron chi connectivity index (χ2n) is 5.29. The number of hydrogen-bond acceptors (Lipinski definition) is 2. The monoisotopic (exact) mass is 253 g/mol. The van der Waals surface area contributed by atoms with Crippen LogP contribution in [-0.2, 0) is 6.42 Å². The van der Waals surface area contributed by atoms with Crippen molar-refractivity contribution in [2.45, 2.75) is 45.8 Å². The van der Waals surface area contributed by atoms with Gasteiger partial charge in [0.15, 0.2) is 0 Å². The van der Waals surface area contributed by atoms with E-state index in [2.05, 4.69) is 12.2 Å². The molecule has 0 aliphatic rings. The first kappa shape index (κ1) is 15.1. The van der Waals surface area contributed by atoms with Crippen LogP contribution in [0.25, 0.3) is 0 Å². The largest absolute Gasteiger partial charge is 0.393 e. The number of benzene rings is 1. The van der Waals surface area contributed by atoms with Gasteiger partial charge >= 0.3 is 0 Å². The van der Waals surface area contributed by atoms with Crippen LogP contribution in [0.1, 0.15) is 32.8 Å². The van der Waals surface area contributed by atoms with Gasteiger partial charge in [-0.05, 0) is 49.9 Å². The quantitative estimate of drug-likeness (QED) is 0.783. The average molecular weight is 253 g/mol. The second-order valence-corrected chi connectivity index (χ2v) is 5.29. The molecular weight excluding hydrogens is 229 g/mol. The summed E-state index contributed by atoms with van der Waals surface area (Å²) in [5, 5.41) is 13.1. The van der Waals surface area contributed by atoms with E-state index in [1.807, 2.05) is 26.0 Å². The van der Waals surface area contributed by atoms with E-state index in [1.54, 1.807) is 0 Å². The fourth-order valence-corrected chi connectivity index (χ4v) is 1.86. The zero-order valence-corrected chi connectivity index (χ0v) is 11.5. The Hall–Kier alpha value is -0.930. The molecule has 0 aliphatic heterocycles. The lowest BCUT2D eigenvalue weighted by Gasteiger charge is -2.18. The van der Waals surface area contributed by atoms with Crippen LogP contribution in [0.2, 0.25) is 0 Å². The van der Waals surface area contributed by atoms with E-state index in [1.165, 1.54) is 12.1 Å². The molecule has 0 amide bonds. The van der Waals surface area contributed by atoms with E-state index < -0.39 is 0 Å². The number of aliphatic hydroxyl groups is 1. The van der Waals surface area contributed by atoms with Crippen molar-refractivity contribution < 1.29 is 9.50 Å². The molecule has 0 aliphatic carbocycles. The molecule has 2 atom stereocenters. The van der Waals surface area contributed by atoms with Crippen LogP contribution in [0, 0.1) is 11.7 Å². The normalized spacial score (nSPS) is 14.8. The van der Waals surface area contributed by atoms with Crippen LogP contribution in [-0.4, -0.2) is 23.8 Å². The Morgan fingerprint density at radius 2 is 1.78 bits per heavy atom. The molecule has 0 spiro atoms. The maximum Gasteiger partial charge on any atom is 0.123 e. The molecule has 1 rings (SSSR count). The smallest absolute Gasteiger partial charge is 0.123 e. The standard InChI is InChI=1S/C15H24FNO/c1-11(2)15(18)8-9-17-12(3)10-13-4-6-14(16)7-5-13/h4-7,11-12,15,17-18H,8-10H2,1-3H3. The highest BCUT2D eigenvalue weighted by Gasteiger charge is 2.09. The molecule has 18 heavy (non-hydrogen) atoms. The fourth-order valence-electron chi connectivity index (χ4n) is 1.86. The van der Waals surface area contributed by atoms with E-state index in [-0.39, 0.29) is 11.9 Å². The topological polar surface area (TPSA) is 32.3 Å². The summed E-state index contributed by atoms with van der Waals surface area (Å²) in [7, 11) is 0. The van der Waals surface area contributed by atoms with Gasteiger partial charge in [0, 0.05) is 6.04 Å². The Labute approximate surface area is 109 Å². The molecule has 0 aromatic heterocycles. The summed E-state index contributed by atoms with van der Waals surface area (Å²) in [6.07, 6.45) is 1.40. The Balaban J connectivity index is 2.25. The molecule has 2 unspecified atom stereocenters. The minimum atomic E-state index is -0.240. The van der Waals surface area contributed by atoms with Crippen LogP contribution < -0.4 is 5.32 Å². The highest BCUT2D eigenvalue weighted by Crippen LogP contribution is 2.07. The van der Waals surface area contributed by atoms with Gasteiger partial charge in [0.1, 0.15) is 5.82 Å². The number of aliphatic hydroxyl groups excluding tert-OH is 1. The van der Waals surface area contributed by atoms with Crippen LogP contribution in [0.5, 0.6) is 0 Å². The van der Waals surface area contributed by atoms with Gasteiger partial charge in [-0.3, -0.25) is 0 Å². The second kappa shape index (κ2) is 7.49. The molecule has 102 valence electrons. The van der Waals surface area contributed by atoms with Gasteiger partial charge in [-0.1, -0.05) is 26.0 Å². The van der Waals surface area contributed by atoms with Crippen LogP contribution in [0.3, 0.4) is 0 Å². The molecule has 0 radical (unpaired) electrons. The summed E-state index contributed by atoms with van der Waals surface area (Å²) < 4.78 is 12.7. The van der Waals surface area contributed by atoms with Gasteiger partial charge < -0.3 is 10.4 Å².